The van der Waals surface area contributed by atoms with Gasteiger partial charge in [-0.3, -0.25) is 0 Å². The first-order chi connectivity index (χ1) is 5.21. The topological polar surface area (TPSA) is 43.4 Å². The molecule has 0 N–H and O–H groups in total. The molecule has 0 atom stereocenters. The summed E-state index contributed by atoms with van der Waals surface area (Å²) >= 11 is 0. The molecule has 0 heterocycles. The molecule has 0 fully saturated rings. The summed E-state index contributed by atoms with van der Waals surface area (Å²) in [4.78, 5) is 0. The lowest BCUT2D eigenvalue weighted by atomic mass is 10.3. The van der Waals surface area contributed by atoms with E-state index < -0.39 is 35.1 Å². The second-order valence-corrected chi connectivity index (χ2v) is 3.70. The predicted octanol–water partition coefficient (Wildman–Crippen LogP) is 1.31. The van der Waals surface area contributed by atoms with E-state index in [9.17, 15) is 21.1 Å². The van der Waals surface area contributed by atoms with Crippen LogP contribution in [0.15, 0.2) is 0 Å². The van der Waals surface area contributed by atoms with Gasteiger partial charge in [-0.05, 0) is 6.92 Å². The molecule has 0 aromatic rings. The summed E-state index contributed by atoms with van der Waals surface area (Å²) in [6.07, 6.45) is -0.622. The molecule has 0 saturated carbocycles. The van der Waals surface area contributed by atoms with Crippen LogP contribution in [0.25, 0.3) is 0 Å². The second kappa shape index (κ2) is 4.08. The van der Waals surface area contributed by atoms with Crippen molar-refractivity contribution in [2.75, 3.05) is 12.5 Å². The van der Waals surface area contributed by atoms with Crippen LogP contribution in [-0.4, -0.2) is 26.9 Å². The molecular formula is C5H9F3O3S. The van der Waals surface area contributed by atoms with E-state index in [-0.39, 0.29) is 0 Å². The molecule has 0 saturated heterocycles. The Balaban J connectivity index is 3.48. The molecule has 3 nitrogen and oxygen atoms in total. The molecule has 0 aliphatic rings. The predicted molar refractivity (Wildman–Crippen MR) is 36.1 cm³/mol. The zero-order valence-electron chi connectivity index (χ0n) is 6.39. The monoisotopic (exact) mass is 206 g/mol. The van der Waals surface area contributed by atoms with E-state index in [2.05, 4.69) is 4.74 Å². The van der Waals surface area contributed by atoms with Crippen molar-refractivity contribution in [3.63, 3.8) is 0 Å². The average molecular weight is 206 g/mol. The van der Waals surface area contributed by atoms with E-state index in [0.29, 0.717) is 6.92 Å². The summed E-state index contributed by atoms with van der Waals surface area (Å²) in [6.45, 7) is 0.187. The van der Waals surface area contributed by atoms with Crippen LogP contribution in [0.4, 0.5) is 12.7 Å². The molecule has 0 aromatic carbocycles. The van der Waals surface area contributed by atoms with Crippen molar-refractivity contribution < 1.29 is 25.8 Å². The van der Waals surface area contributed by atoms with Crippen LogP contribution in [0.1, 0.15) is 13.3 Å². The van der Waals surface area contributed by atoms with Gasteiger partial charge in [0.25, 0.3) is 0 Å². The summed E-state index contributed by atoms with van der Waals surface area (Å²) in [5.74, 6) is -4.08. The van der Waals surface area contributed by atoms with Crippen molar-refractivity contribution in [2.24, 2.45) is 0 Å². The van der Waals surface area contributed by atoms with Crippen LogP contribution < -0.4 is 0 Å². The van der Waals surface area contributed by atoms with E-state index in [1.807, 2.05) is 0 Å². The quantitative estimate of drug-likeness (QED) is 0.503. The number of hydrogen-bond acceptors (Lipinski definition) is 3. The Morgan fingerprint density at radius 1 is 1.42 bits per heavy atom. The van der Waals surface area contributed by atoms with Crippen molar-refractivity contribution in [3.05, 3.63) is 0 Å². The van der Waals surface area contributed by atoms with Crippen LogP contribution >= 0.6 is 0 Å². The summed E-state index contributed by atoms with van der Waals surface area (Å²) in [7, 11) is -4.71. The molecule has 0 amide bonds. The van der Waals surface area contributed by atoms with Crippen LogP contribution in [0.2, 0.25) is 0 Å². The number of alkyl halides is 2. The first-order valence-electron chi connectivity index (χ1n) is 3.09. The summed E-state index contributed by atoms with van der Waals surface area (Å²) < 4.78 is 59.4. The lowest BCUT2D eigenvalue weighted by Crippen LogP contribution is -2.15. The largest absolute Gasteiger partial charge is 0.362 e. The first-order valence-corrected chi connectivity index (χ1v) is 4.64. The highest BCUT2D eigenvalue weighted by Gasteiger charge is 2.20. The van der Waals surface area contributed by atoms with Gasteiger partial charge in [-0.15, -0.1) is 3.89 Å². The van der Waals surface area contributed by atoms with Crippen molar-refractivity contribution in [1.82, 2.24) is 0 Å². The van der Waals surface area contributed by atoms with E-state index in [1.165, 1.54) is 0 Å². The average Bonchev–Trinajstić information content (AvgIpc) is 1.76. The van der Waals surface area contributed by atoms with Gasteiger partial charge in [0.05, 0.1) is 6.61 Å². The summed E-state index contributed by atoms with van der Waals surface area (Å²) in [5, 5.41) is 0. The van der Waals surface area contributed by atoms with Crippen LogP contribution in [-0.2, 0) is 15.0 Å². The summed E-state index contributed by atoms with van der Waals surface area (Å²) in [5.41, 5.74) is 0. The third kappa shape index (κ3) is 9.70. The molecule has 12 heavy (non-hydrogen) atoms. The minimum absolute atomic E-state index is 0.480. The van der Waals surface area contributed by atoms with Gasteiger partial charge in [0, 0.05) is 6.42 Å². The fourth-order valence-electron chi connectivity index (χ4n) is 0.410. The molecule has 74 valence electrons. The zero-order valence-corrected chi connectivity index (χ0v) is 7.20. The van der Waals surface area contributed by atoms with Crippen LogP contribution in [0, 0.1) is 0 Å². The maximum absolute atomic E-state index is 12.0. The Kier molecular flexibility index (Phi) is 3.98. The molecule has 0 aliphatic carbocycles. The third-order valence-corrected chi connectivity index (χ3v) is 1.36. The number of halogens is 3. The molecule has 0 unspecified atom stereocenters. The van der Waals surface area contributed by atoms with Gasteiger partial charge in [-0.2, -0.15) is 8.42 Å². The van der Waals surface area contributed by atoms with Crippen molar-refractivity contribution >= 4 is 10.2 Å². The van der Waals surface area contributed by atoms with E-state index in [4.69, 9.17) is 0 Å². The maximum Gasteiger partial charge on any atom is 0.326 e. The standard InChI is InChI=1S/C5H9F3O3S/c1-5(6,7)2-3-11-4-12(8,9)10/h2-4H2,1H3. The molecule has 0 spiro atoms. The highest BCUT2D eigenvalue weighted by Crippen LogP contribution is 2.16. The first kappa shape index (κ1) is 11.7. The molecule has 0 radical (unpaired) electrons. The van der Waals surface area contributed by atoms with Gasteiger partial charge < -0.3 is 4.74 Å². The fraction of sp³-hybridized carbons (Fsp3) is 1.00. The molecule has 0 bridgehead atoms. The lowest BCUT2D eigenvalue weighted by Gasteiger charge is -2.08. The molecule has 7 heteroatoms. The highest BCUT2D eigenvalue weighted by molar-refractivity contribution is 7.86. The molecule has 0 aromatic heterocycles. The maximum atomic E-state index is 12.0. The fourth-order valence-corrected chi connectivity index (χ4v) is 0.727. The number of ether oxygens (including phenoxy) is 1. The minimum atomic E-state index is -4.71. The van der Waals surface area contributed by atoms with Crippen LogP contribution in [0.3, 0.4) is 0 Å². The van der Waals surface area contributed by atoms with Gasteiger partial charge in [-0.1, -0.05) is 0 Å². The highest BCUT2D eigenvalue weighted by atomic mass is 32.3. The van der Waals surface area contributed by atoms with Crippen molar-refractivity contribution in [2.45, 2.75) is 19.3 Å². The lowest BCUT2D eigenvalue weighted by molar-refractivity contribution is -0.0114. The van der Waals surface area contributed by atoms with Gasteiger partial charge in [-0.25, -0.2) is 8.78 Å². The Labute approximate surface area is 68.7 Å². The molecule has 0 rings (SSSR count). The summed E-state index contributed by atoms with van der Waals surface area (Å²) in [6, 6.07) is 0. The van der Waals surface area contributed by atoms with E-state index in [1.54, 1.807) is 0 Å². The Hall–Kier alpha value is -0.300. The third-order valence-electron chi connectivity index (χ3n) is 0.909. The van der Waals surface area contributed by atoms with E-state index >= 15 is 0 Å². The molecular weight excluding hydrogens is 197 g/mol. The van der Waals surface area contributed by atoms with E-state index in [0.717, 1.165) is 0 Å². The Bertz CT molecular complexity index is 219. The number of hydrogen-bond donors (Lipinski definition) is 0. The Morgan fingerprint density at radius 2 is 1.92 bits per heavy atom. The zero-order chi connectivity index (χ0) is 9.83. The normalized spacial score (nSPS) is 13.3. The van der Waals surface area contributed by atoms with Crippen LogP contribution in [0.5, 0.6) is 0 Å². The Morgan fingerprint density at radius 3 is 2.25 bits per heavy atom. The molecule has 0 aliphatic heterocycles. The van der Waals surface area contributed by atoms with Gasteiger partial charge in [0.2, 0.25) is 5.92 Å². The van der Waals surface area contributed by atoms with Gasteiger partial charge >= 0.3 is 10.2 Å². The van der Waals surface area contributed by atoms with Crippen molar-refractivity contribution in [1.29, 1.82) is 0 Å². The smallest absolute Gasteiger partial charge is 0.326 e. The van der Waals surface area contributed by atoms with Gasteiger partial charge in [0.1, 0.15) is 0 Å². The number of rotatable bonds is 5. The van der Waals surface area contributed by atoms with Gasteiger partial charge in [0.15, 0.2) is 5.94 Å². The minimum Gasteiger partial charge on any atom is -0.362 e. The van der Waals surface area contributed by atoms with Crippen molar-refractivity contribution in [3.8, 4) is 0 Å². The SMILES string of the molecule is CC(F)(F)CCOCS(=O)(=O)F. The second-order valence-electron chi connectivity index (χ2n) is 2.39.